The summed E-state index contributed by atoms with van der Waals surface area (Å²) in [7, 11) is 0. The van der Waals surface area contributed by atoms with E-state index in [9.17, 15) is 14.0 Å². The zero-order valence-electron chi connectivity index (χ0n) is 14.4. The second kappa shape index (κ2) is 7.90. The Bertz CT molecular complexity index is 776. The molecule has 1 aliphatic rings. The van der Waals surface area contributed by atoms with Crippen LogP contribution in [0.5, 0.6) is 5.75 Å². The van der Waals surface area contributed by atoms with Crippen molar-refractivity contribution in [2.75, 3.05) is 24.7 Å². The lowest BCUT2D eigenvalue weighted by molar-refractivity contribution is -0.120. The average Bonchev–Trinajstić information content (AvgIpc) is 2.87. The van der Waals surface area contributed by atoms with Crippen LogP contribution in [0.3, 0.4) is 0 Å². The highest BCUT2D eigenvalue weighted by Gasteiger charge is 2.37. The molecule has 0 saturated carbocycles. The van der Waals surface area contributed by atoms with Crippen molar-refractivity contribution in [3.63, 3.8) is 0 Å². The Morgan fingerprint density at radius 3 is 2.60 bits per heavy atom. The van der Waals surface area contributed by atoms with Gasteiger partial charge < -0.3 is 9.47 Å². The lowest BCUT2D eigenvalue weighted by Gasteiger charge is -2.17. The van der Waals surface area contributed by atoms with E-state index in [4.69, 9.17) is 14.7 Å². The van der Waals surface area contributed by atoms with E-state index in [0.29, 0.717) is 24.4 Å². The molecule has 0 aliphatic carbocycles. The number of benzene rings is 1. The van der Waals surface area contributed by atoms with Gasteiger partial charge in [0.05, 0.1) is 24.3 Å². The summed E-state index contributed by atoms with van der Waals surface area (Å²) in [5.41, 5.74) is 0.839. The Kier molecular flexibility index (Phi) is 5.88. The maximum absolute atomic E-state index is 14.4. The van der Waals surface area contributed by atoms with E-state index >= 15 is 0 Å². The molecule has 1 aromatic rings. The molecule has 25 heavy (non-hydrogen) atoms. The molecule has 0 radical (unpaired) electrons. The molecule has 6 nitrogen and oxygen atoms in total. The number of allylic oxidation sites excluding steroid dienone is 1. The molecule has 1 saturated heterocycles. The lowest BCUT2D eigenvalue weighted by Crippen LogP contribution is -2.30. The van der Waals surface area contributed by atoms with E-state index in [2.05, 4.69) is 0 Å². The SMILES string of the molecule is CCOCCOc1cc(N2C(=O)CC(=C(C)C)C2=O)c(F)cc1C#N. The smallest absolute Gasteiger partial charge is 0.261 e. The number of nitrogens with zero attached hydrogens (tertiary/aromatic N) is 2. The quantitative estimate of drug-likeness (QED) is 0.449. The lowest BCUT2D eigenvalue weighted by atomic mass is 10.1. The van der Waals surface area contributed by atoms with Gasteiger partial charge in [0, 0.05) is 18.2 Å². The molecule has 132 valence electrons. The number of carbonyl (C=O) groups excluding carboxylic acids is 2. The second-order valence-corrected chi connectivity index (χ2v) is 5.65. The highest BCUT2D eigenvalue weighted by molar-refractivity contribution is 6.28. The summed E-state index contributed by atoms with van der Waals surface area (Å²) in [4.78, 5) is 25.4. The van der Waals surface area contributed by atoms with Crippen molar-refractivity contribution in [1.29, 1.82) is 5.26 Å². The molecule has 1 heterocycles. The van der Waals surface area contributed by atoms with E-state index in [1.165, 1.54) is 6.07 Å². The Morgan fingerprint density at radius 2 is 2.04 bits per heavy atom. The molecule has 0 bridgehead atoms. The van der Waals surface area contributed by atoms with Crippen molar-refractivity contribution in [2.45, 2.75) is 27.2 Å². The number of hydrogen-bond acceptors (Lipinski definition) is 5. The van der Waals surface area contributed by atoms with Crippen LogP contribution < -0.4 is 9.64 Å². The highest BCUT2D eigenvalue weighted by atomic mass is 19.1. The number of rotatable bonds is 6. The summed E-state index contributed by atoms with van der Waals surface area (Å²) in [6, 6.07) is 4.02. The summed E-state index contributed by atoms with van der Waals surface area (Å²) in [6.07, 6.45) is -0.0683. The first-order chi connectivity index (χ1) is 11.9. The van der Waals surface area contributed by atoms with Crippen molar-refractivity contribution in [3.05, 3.63) is 34.7 Å². The number of halogens is 1. The molecule has 1 aromatic carbocycles. The van der Waals surface area contributed by atoms with Gasteiger partial charge >= 0.3 is 0 Å². The fraction of sp³-hybridized carbons (Fsp3) is 0.389. The minimum absolute atomic E-state index is 0.0146. The predicted octanol–water partition coefficient (Wildman–Crippen LogP) is 2.71. The van der Waals surface area contributed by atoms with Gasteiger partial charge in [-0.15, -0.1) is 0 Å². The number of carbonyl (C=O) groups is 2. The monoisotopic (exact) mass is 346 g/mol. The third-order valence-electron chi connectivity index (χ3n) is 3.74. The van der Waals surface area contributed by atoms with Crippen molar-refractivity contribution >= 4 is 17.5 Å². The van der Waals surface area contributed by atoms with Crippen LogP contribution in [0, 0.1) is 17.1 Å². The van der Waals surface area contributed by atoms with Crippen LogP contribution in [0.4, 0.5) is 10.1 Å². The molecule has 1 fully saturated rings. The van der Waals surface area contributed by atoms with Gasteiger partial charge in [-0.3, -0.25) is 9.59 Å². The number of ether oxygens (including phenoxy) is 2. The minimum Gasteiger partial charge on any atom is -0.490 e. The van der Waals surface area contributed by atoms with Gasteiger partial charge in [0.1, 0.15) is 24.2 Å². The third-order valence-corrected chi connectivity index (χ3v) is 3.74. The number of anilines is 1. The first-order valence-electron chi connectivity index (χ1n) is 7.88. The van der Waals surface area contributed by atoms with Crippen LogP contribution in [-0.4, -0.2) is 31.6 Å². The van der Waals surface area contributed by atoms with Gasteiger partial charge in [0.2, 0.25) is 5.91 Å². The Morgan fingerprint density at radius 1 is 1.32 bits per heavy atom. The molecule has 2 rings (SSSR count). The van der Waals surface area contributed by atoms with Gasteiger partial charge in [-0.2, -0.15) is 5.26 Å². The summed E-state index contributed by atoms with van der Waals surface area (Å²) in [6.45, 7) is 6.27. The van der Waals surface area contributed by atoms with Crippen molar-refractivity contribution in [1.82, 2.24) is 0 Å². The molecule has 2 amide bonds. The molecule has 1 aliphatic heterocycles. The van der Waals surface area contributed by atoms with Crippen molar-refractivity contribution in [3.8, 4) is 11.8 Å². The van der Waals surface area contributed by atoms with Gasteiger partial charge in [0.15, 0.2) is 0 Å². The zero-order chi connectivity index (χ0) is 18.6. The standard InChI is InChI=1S/C18H19FN2O4/c1-4-24-5-6-25-16-9-15(14(19)7-12(16)10-20)21-17(22)8-13(11(2)3)18(21)23/h7,9H,4-6,8H2,1-3H3. The topological polar surface area (TPSA) is 79.6 Å². The molecule has 0 unspecified atom stereocenters. The van der Waals surface area contributed by atoms with Crippen LogP contribution in [-0.2, 0) is 14.3 Å². The van der Waals surface area contributed by atoms with Gasteiger partial charge in [-0.1, -0.05) is 5.57 Å². The van der Waals surface area contributed by atoms with Crippen molar-refractivity contribution in [2.24, 2.45) is 0 Å². The average molecular weight is 346 g/mol. The third kappa shape index (κ3) is 3.86. The number of amides is 2. The molecule has 0 spiro atoms. The van der Waals surface area contributed by atoms with Crippen LogP contribution in [0.15, 0.2) is 23.3 Å². The maximum atomic E-state index is 14.4. The number of imide groups is 1. The van der Waals surface area contributed by atoms with E-state index < -0.39 is 17.6 Å². The van der Waals surface area contributed by atoms with E-state index in [1.807, 2.05) is 13.0 Å². The first kappa shape index (κ1) is 18.6. The Balaban J connectivity index is 2.38. The summed E-state index contributed by atoms with van der Waals surface area (Å²) in [5, 5.41) is 9.14. The fourth-order valence-corrected chi connectivity index (χ4v) is 2.46. The first-order valence-corrected chi connectivity index (χ1v) is 7.88. The Labute approximate surface area is 145 Å². The van der Waals surface area contributed by atoms with E-state index in [1.54, 1.807) is 13.8 Å². The molecule has 7 heteroatoms. The second-order valence-electron chi connectivity index (χ2n) is 5.65. The summed E-state index contributed by atoms with van der Waals surface area (Å²) >= 11 is 0. The largest absolute Gasteiger partial charge is 0.490 e. The van der Waals surface area contributed by atoms with Gasteiger partial charge in [-0.25, -0.2) is 9.29 Å². The van der Waals surface area contributed by atoms with Gasteiger partial charge in [0.25, 0.3) is 5.91 Å². The molecule has 0 aromatic heterocycles. The summed E-state index contributed by atoms with van der Waals surface area (Å²) < 4.78 is 25.0. The van der Waals surface area contributed by atoms with Crippen LogP contribution in [0.25, 0.3) is 0 Å². The molecule has 0 N–H and O–H groups in total. The molecule has 0 atom stereocenters. The Hall–Kier alpha value is -2.72. The predicted molar refractivity (Wildman–Crippen MR) is 88.6 cm³/mol. The van der Waals surface area contributed by atoms with Gasteiger partial charge in [-0.05, 0) is 26.8 Å². The van der Waals surface area contributed by atoms with E-state index in [0.717, 1.165) is 11.0 Å². The number of hydrogen-bond donors (Lipinski definition) is 0. The van der Waals surface area contributed by atoms with Crippen LogP contribution in [0.2, 0.25) is 0 Å². The highest BCUT2D eigenvalue weighted by Crippen LogP contribution is 2.34. The number of nitriles is 1. The molecular weight excluding hydrogens is 327 g/mol. The zero-order valence-corrected chi connectivity index (χ0v) is 14.4. The van der Waals surface area contributed by atoms with E-state index in [-0.39, 0.29) is 30.0 Å². The van der Waals surface area contributed by atoms with Crippen LogP contribution >= 0.6 is 0 Å². The van der Waals surface area contributed by atoms with Crippen LogP contribution in [0.1, 0.15) is 32.8 Å². The fourth-order valence-electron chi connectivity index (χ4n) is 2.46. The van der Waals surface area contributed by atoms with Crippen molar-refractivity contribution < 1.29 is 23.5 Å². The summed E-state index contributed by atoms with van der Waals surface area (Å²) in [5.74, 6) is -1.78. The maximum Gasteiger partial charge on any atom is 0.261 e. The normalized spacial score (nSPS) is 14.0. The molecular formula is C18H19FN2O4. The minimum atomic E-state index is -0.828.